The van der Waals surface area contributed by atoms with Crippen molar-refractivity contribution in [3.63, 3.8) is 0 Å². The van der Waals surface area contributed by atoms with Crippen molar-refractivity contribution in [2.24, 2.45) is 0 Å². The van der Waals surface area contributed by atoms with Gasteiger partial charge in [-0.05, 0) is 13.0 Å². The summed E-state index contributed by atoms with van der Waals surface area (Å²) in [5.74, 6) is -0.951. The lowest BCUT2D eigenvalue weighted by atomic mass is 9.88. The number of aliphatic hydroxyl groups is 1. The quantitative estimate of drug-likeness (QED) is 0.772. The Morgan fingerprint density at radius 3 is 2.68 bits per heavy atom. The average Bonchev–Trinajstić information content (AvgIpc) is 2.88. The molecule has 0 saturated heterocycles. The van der Waals surface area contributed by atoms with Crippen LogP contribution in [0.5, 0.6) is 17.2 Å². The summed E-state index contributed by atoms with van der Waals surface area (Å²) in [6.45, 7) is 1.40. The summed E-state index contributed by atoms with van der Waals surface area (Å²) in [7, 11) is 1.36. The molecule has 2 aliphatic rings. The molecule has 98 valence electrons. The summed E-state index contributed by atoms with van der Waals surface area (Å²) in [5, 5.41) is 10.0. The molecule has 0 spiro atoms. The van der Waals surface area contributed by atoms with Gasteiger partial charge in [0.05, 0.1) is 12.7 Å². The summed E-state index contributed by atoms with van der Waals surface area (Å²) in [6, 6.07) is 1.48. The standard InChI is InChI=1S/C13H10O6/c1-5-9(14)6-3-7-12(19-4-18-7)13(17-2)8(6)11(16)10(5)15/h3,14H,4H2,1-2H3. The molecule has 19 heavy (non-hydrogen) atoms. The first kappa shape index (κ1) is 11.6. The third-order valence-corrected chi connectivity index (χ3v) is 3.21. The van der Waals surface area contributed by atoms with E-state index in [1.54, 1.807) is 0 Å². The maximum atomic E-state index is 12.1. The lowest BCUT2D eigenvalue weighted by Crippen LogP contribution is -2.23. The van der Waals surface area contributed by atoms with Crippen LogP contribution in [0, 0.1) is 0 Å². The van der Waals surface area contributed by atoms with Gasteiger partial charge >= 0.3 is 0 Å². The van der Waals surface area contributed by atoms with E-state index in [0.717, 1.165) is 0 Å². The zero-order valence-electron chi connectivity index (χ0n) is 10.3. The van der Waals surface area contributed by atoms with Crippen LogP contribution >= 0.6 is 0 Å². The van der Waals surface area contributed by atoms with Gasteiger partial charge in [0.2, 0.25) is 24.1 Å². The van der Waals surface area contributed by atoms with Crippen LogP contribution in [0.4, 0.5) is 0 Å². The van der Waals surface area contributed by atoms with E-state index in [0.29, 0.717) is 5.75 Å². The highest BCUT2D eigenvalue weighted by atomic mass is 16.7. The van der Waals surface area contributed by atoms with Gasteiger partial charge in [0, 0.05) is 11.1 Å². The van der Waals surface area contributed by atoms with E-state index < -0.39 is 11.6 Å². The van der Waals surface area contributed by atoms with Crippen LogP contribution in [0.1, 0.15) is 22.8 Å². The fourth-order valence-corrected chi connectivity index (χ4v) is 2.21. The predicted molar refractivity (Wildman–Crippen MR) is 63.7 cm³/mol. The first-order chi connectivity index (χ1) is 9.06. The molecule has 6 heteroatoms. The second-order valence-electron chi connectivity index (χ2n) is 4.20. The van der Waals surface area contributed by atoms with E-state index in [9.17, 15) is 14.7 Å². The van der Waals surface area contributed by atoms with Crippen LogP contribution in [-0.4, -0.2) is 30.6 Å². The molecule has 0 unspecified atom stereocenters. The third-order valence-electron chi connectivity index (χ3n) is 3.21. The number of benzene rings is 1. The number of ether oxygens (including phenoxy) is 3. The van der Waals surface area contributed by atoms with E-state index in [-0.39, 0.29) is 40.8 Å². The molecule has 0 saturated carbocycles. The molecule has 0 amide bonds. The Bertz CT molecular complexity index is 656. The minimum absolute atomic E-state index is 0.000180. The highest BCUT2D eigenvalue weighted by molar-refractivity contribution is 6.52. The number of ketones is 2. The normalized spacial score (nSPS) is 16.7. The van der Waals surface area contributed by atoms with Gasteiger partial charge in [-0.2, -0.15) is 0 Å². The van der Waals surface area contributed by atoms with Crippen molar-refractivity contribution < 1.29 is 28.9 Å². The average molecular weight is 262 g/mol. The van der Waals surface area contributed by atoms with Gasteiger partial charge in [0.25, 0.3) is 0 Å². The molecule has 1 aromatic rings. The number of hydrogen-bond donors (Lipinski definition) is 1. The molecule has 1 heterocycles. The van der Waals surface area contributed by atoms with Crippen molar-refractivity contribution in [2.75, 3.05) is 13.9 Å². The zero-order valence-corrected chi connectivity index (χ0v) is 10.3. The van der Waals surface area contributed by atoms with Gasteiger partial charge < -0.3 is 19.3 Å². The fourth-order valence-electron chi connectivity index (χ4n) is 2.21. The number of allylic oxidation sites excluding steroid dienone is 1. The zero-order chi connectivity index (χ0) is 13.7. The lowest BCUT2D eigenvalue weighted by molar-refractivity contribution is -0.111. The number of carbonyl (C=O) groups is 2. The van der Waals surface area contributed by atoms with Crippen molar-refractivity contribution in [3.05, 3.63) is 22.8 Å². The molecule has 3 rings (SSSR count). The minimum atomic E-state index is -0.748. The van der Waals surface area contributed by atoms with Crippen LogP contribution in [0.3, 0.4) is 0 Å². The Morgan fingerprint density at radius 2 is 2.00 bits per heavy atom. The van der Waals surface area contributed by atoms with Crippen LogP contribution in [0.2, 0.25) is 0 Å². The Labute approximate surface area is 108 Å². The maximum Gasteiger partial charge on any atom is 0.237 e. The van der Waals surface area contributed by atoms with Gasteiger partial charge in [0.15, 0.2) is 11.5 Å². The second-order valence-corrected chi connectivity index (χ2v) is 4.20. The van der Waals surface area contributed by atoms with Crippen LogP contribution in [0.25, 0.3) is 5.76 Å². The molecule has 0 fully saturated rings. The molecule has 0 atom stereocenters. The molecule has 1 aliphatic heterocycles. The van der Waals surface area contributed by atoms with E-state index in [2.05, 4.69) is 0 Å². The molecular formula is C13H10O6. The number of rotatable bonds is 1. The molecule has 0 radical (unpaired) electrons. The summed E-state index contributed by atoms with van der Waals surface area (Å²) in [4.78, 5) is 23.9. The van der Waals surface area contributed by atoms with E-state index in [1.807, 2.05) is 0 Å². The van der Waals surface area contributed by atoms with Crippen molar-refractivity contribution in [1.29, 1.82) is 0 Å². The third kappa shape index (κ3) is 1.36. The maximum absolute atomic E-state index is 12.1. The van der Waals surface area contributed by atoms with E-state index >= 15 is 0 Å². The second kappa shape index (κ2) is 3.74. The molecule has 0 bridgehead atoms. The number of carbonyl (C=O) groups excluding carboxylic acids is 2. The smallest absolute Gasteiger partial charge is 0.237 e. The first-order valence-corrected chi connectivity index (χ1v) is 5.56. The largest absolute Gasteiger partial charge is 0.507 e. The van der Waals surface area contributed by atoms with Crippen molar-refractivity contribution in [3.8, 4) is 17.2 Å². The molecule has 6 nitrogen and oxygen atoms in total. The molecule has 1 aliphatic carbocycles. The number of aliphatic hydroxyl groups excluding tert-OH is 1. The summed E-state index contributed by atoms with van der Waals surface area (Å²) < 4.78 is 15.6. The Morgan fingerprint density at radius 1 is 1.26 bits per heavy atom. The molecular weight excluding hydrogens is 252 g/mol. The van der Waals surface area contributed by atoms with E-state index in [1.165, 1.54) is 20.1 Å². The van der Waals surface area contributed by atoms with Gasteiger partial charge in [-0.1, -0.05) is 0 Å². The summed E-state index contributed by atoms with van der Waals surface area (Å²) >= 11 is 0. The molecule has 1 aromatic carbocycles. The van der Waals surface area contributed by atoms with Crippen molar-refractivity contribution in [1.82, 2.24) is 0 Å². The highest BCUT2D eigenvalue weighted by Gasteiger charge is 2.37. The molecule has 1 N–H and O–H groups in total. The van der Waals surface area contributed by atoms with Crippen molar-refractivity contribution >= 4 is 17.3 Å². The summed E-state index contributed by atoms with van der Waals surface area (Å²) in [5.41, 5.74) is 0.251. The Balaban J connectivity index is 2.39. The monoisotopic (exact) mass is 262 g/mol. The lowest BCUT2D eigenvalue weighted by Gasteiger charge is -2.19. The topological polar surface area (TPSA) is 82.1 Å². The van der Waals surface area contributed by atoms with Gasteiger partial charge in [-0.3, -0.25) is 9.59 Å². The SMILES string of the molecule is COc1c2c(cc3c1C(=O)C(=O)C(C)=C3O)OCO2. The minimum Gasteiger partial charge on any atom is -0.507 e. The van der Waals surface area contributed by atoms with Crippen LogP contribution < -0.4 is 14.2 Å². The van der Waals surface area contributed by atoms with Crippen molar-refractivity contribution in [2.45, 2.75) is 6.92 Å². The van der Waals surface area contributed by atoms with Gasteiger partial charge in [0.1, 0.15) is 5.76 Å². The van der Waals surface area contributed by atoms with Gasteiger partial charge in [-0.15, -0.1) is 0 Å². The number of Topliss-reactive ketones (excluding diaryl/α,β-unsaturated/α-hetero) is 2. The number of hydrogen-bond acceptors (Lipinski definition) is 6. The van der Waals surface area contributed by atoms with Gasteiger partial charge in [-0.25, -0.2) is 0 Å². The fraction of sp³-hybridized carbons (Fsp3) is 0.231. The summed E-state index contributed by atoms with van der Waals surface area (Å²) in [6.07, 6.45) is 0. The highest BCUT2D eigenvalue weighted by Crippen LogP contribution is 2.48. The first-order valence-electron chi connectivity index (χ1n) is 5.56. The van der Waals surface area contributed by atoms with E-state index in [4.69, 9.17) is 14.2 Å². The molecule has 0 aromatic heterocycles. The predicted octanol–water partition coefficient (Wildman–Crippen LogP) is 1.48. The number of methoxy groups -OCH3 is 1. The van der Waals surface area contributed by atoms with Crippen LogP contribution in [-0.2, 0) is 4.79 Å². The number of fused-ring (bicyclic) bond motifs is 2. The Hall–Kier alpha value is -2.50. The van der Waals surface area contributed by atoms with Crippen LogP contribution in [0.15, 0.2) is 11.6 Å². The Kier molecular flexibility index (Phi) is 2.28.